The van der Waals surface area contributed by atoms with Gasteiger partial charge >= 0.3 is 0 Å². The van der Waals surface area contributed by atoms with Crippen LogP contribution in [0.4, 0.5) is 5.69 Å². The molecule has 0 radical (unpaired) electrons. The van der Waals surface area contributed by atoms with Crippen LogP contribution >= 0.6 is 0 Å². The number of carbonyl (C=O) groups excluding carboxylic acids is 1. The van der Waals surface area contributed by atoms with Crippen LogP contribution in [0.3, 0.4) is 0 Å². The van der Waals surface area contributed by atoms with Crippen LogP contribution in [0.1, 0.15) is 36.4 Å². The van der Waals surface area contributed by atoms with Crippen LogP contribution in [-0.2, 0) is 22.5 Å². The van der Waals surface area contributed by atoms with E-state index in [4.69, 9.17) is 9.72 Å². The lowest BCUT2D eigenvalue weighted by molar-refractivity contribution is -0.119. The van der Waals surface area contributed by atoms with E-state index in [0.717, 1.165) is 45.7 Å². The maximum atomic E-state index is 14.0. The zero-order chi connectivity index (χ0) is 24.8. The lowest BCUT2D eigenvalue weighted by Crippen LogP contribution is -2.44. The van der Waals surface area contributed by atoms with Crippen LogP contribution in [-0.4, -0.2) is 35.2 Å². The minimum absolute atomic E-state index is 0.0102. The number of para-hydroxylation sites is 3. The molecular formula is C30H33N3O2. The number of imidazole rings is 1. The van der Waals surface area contributed by atoms with Crippen LogP contribution < -0.4 is 4.90 Å². The Kier molecular flexibility index (Phi) is 7.78. The molecule has 0 N–H and O–H groups in total. The summed E-state index contributed by atoms with van der Waals surface area (Å²) in [7, 11) is 1.67. The monoisotopic (exact) mass is 467 g/mol. The van der Waals surface area contributed by atoms with Crippen molar-refractivity contribution in [2.45, 2.75) is 39.8 Å². The third kappa shape index (κ3) is 5.36. The summed E-state index contributed by atoms with van der Waals surface area (Å²) in [6.45, 7) is 6.86. The van der Waals surface area contributed by atoms with Gasteiger partial charge in [-0.2, -0.15) is 0 Å². The predicted octanol–water partition coefficient (Wildman–Crippen LogP) is 6.15. The summed E-state index contributed by atoms with van der Waals surface area (Å²) in [5, 5.41) is 0. The topological polar surface area (TPSA) is 47.4 Å². The number of ether oxygens (including phenoxy) is 1. The lowest BCUT2D eigenvalue weighted by atomic mass is 10.0. The number of aromatic nitrogens is 2. The van der Waals surface area contributed by atoms with Crippen molar-refractivity contribution in [2.24, 2.45) is 0 Å². The number of amides is 1. The number of hydrogen-bond acceptors (Lipinski definition) is 3. The largest absolute Gasteiger partial charge is 0.383 e. The van der Waals surface area contributed by atoms with Crippen LogP contribution in [0, 0.1) is 6.92 Å². The molecule has 1 amide bonds. The summed E-state index contributed by atoms with van der Waals surface area (Å²) >= 11 is 0. The Labute approximate surface area is 207 Å². The summed E-state index contributed by atoms with van der Waals surface area (Å²) in [4.78, 5) is 20.8. The minimum atomic E-state index is -0.114. The van der Waals surface area contributed by atoms with Gasteiger partial charge in [0.15, 0.2) is 0 Å². The summed E-state index contributed by atoms with van der Waals surface area (Å²) in [6, 6.07) is 24.2. The van der Waals surface area contributed by atoms with Crippen molar-refractivity contribution in [3.63, 3.8) is 0 Å². The van der Waals surface area contributed by atoms with Gasteiger partial charge in [0, 0.05) is 7.11 Å². The molecule has 4 aromatic rings. The van der Waals surface area contributed by atoms with Crippen molar-refractivity contribution in [3.05, 3.63) is 95.3 Å². The Morgan fingerprint density at radius 2 is 1.77 bits per heavy atom. The molecule has 1 heterocycles. The number of carbonyl (C=O) groups is 1. The highest BCUT2D eigenvalue weighted by atomic mass is 16.5. The van der Waals surface area contributed by atoms with E-state index in [1.807, 2.05) is 83.1 Å². The van der Waals surface area contributed by atoms with E-state index in [9.17, 15) is 4.79 Å². The number of anilines is 1. The van der Waals surface area contributed by atoms with Gasteiger partial charge in [-0.05, 0) is 55.2 Å². The first-order valence-corrected chi connectivity index (χ1v) is 12.1. The quantitative estimate of drug-likeness (QED) is 0.297. The first kappa shape index (κ1) is 24.4. The Bertz CT molecular complexity index is 1320. The Balaban J connectivity index is 1.76. The number of hydrogen-bond donors (Lipinski definition) is 0. The van der Waals surface area contributed by atoms with E-state index in [0.29, 0.717) is 6.61 Å². The molecule has 5 nitrogen and oxygen atoms in total. The molecule has 3 aromatic carbocycles. The Morgan fingerprint density at radius 3 is 2.51 bits per heavy atom. The zero-order valence-electron chi connectivity index (χ0n) is 20.9. The molecule has 0 spiro atoms. The van der Waals surface area contributed by atoms with Gasteiger partial charge in [0.05, 0.1) is 29.4 Å². The first-order chi connectivity index (χ1) is 17.0. The molecule has 0 aliphatic carbocycles. The normalized spacial score (nSPS) is 12.3. The van der Waals surface area contributed by atoms with Gasteiger partial charge in [-0.25, -0.2) is 4.98 Å². The maximum absolute atomic E-state index is 14.0. The second-order valence-electron chi connectivity index (χ2n) is 8.79. The summed E-state index contributed by atoms with van der Waals surface area (Å²) in [5.74, 6) is 0.763. The van der Waals surface area contributed by atoms with E-state index in [2.05, 4.69) is 32.0 Å². The van der Waals surface area contributed by atoms with E-state index in [1.54, 1.807) is 7.11 Å². The first-order valence-electron chi connectivity index (χ1n) is 12.1. The van der Waals surface area contributed by atoms with Crippen LogP contribution in [0.5, 0.6) is 0 Å². The van der Waals surface area contributed by atoms with Crippen LogP contribution in [0.2, 0.25) is 0 Å². The number of nitrogens with zero attached hydrogens (tertiary/aromatic N) is 3. The Morgan fingerprint density at radius 1 is 1.03 bits per heavy atom. The van der Waals surface area contributed by atoms with E-state index in [1.165, 1.54) is 0 Å². The van der Waals surface area contributed by atoms with E-state index in [-0.39, 0.29) is 18.5 Å². The van der Waals surface area contributed by atoms with Gasteiger partial charge in [-0.15, -0.1) is 0 Å². The average molecular weight is 468 g/mol. The maximum Gasteiger partial charge on any atom is 0.247 e. The van der Waals surface area contributed by atoms with Gasteiger partial charge < -0.3 is 14.2 Å². The molecule has 1 unspecified atom stereocenters. The van der Waals surface area contributed by atoms with Gasteiger partial charge in [0.2, 0.25) is 5.91 Å². The van der Waals surface area contributed by atoms with Crippen molar-refractivity contribution >= 4 is 34.8 Å². The number of fused-ring (bicyclic) bond motifs is 1. The fourth-order valence-electron chi connectivity index (χ4n) is 4.59. The molecule has 0 fully saturated rings. The summed E-state index contributed by atoms with van der Waals surface area (Å²) in [6.07, 6.45) is 4.86. The smallest absolute Gasteiger partial charge is 0.247 e. The van der Waals surface area contributed by atoms with Crippen molar-refractivity contribution in [2.75, 3.05) is 18.6 Å². The highest BCUT2D eigenvalue weighted by molar-refractivity contribution is 5.96. The molecule has 0 bridgehead atoms. The molecule has 0 aliphatic rings. The van der Waals surface area contributed by atoms with Crippen molar-refractivity contribution in [3.8, 4) is 0 Å². The number of benzene rings is 3. The van der Waals surface area contributed by atoms with Crippen molar-refractivity contribution < 1.29 is 9.53 Å². The molecule has 0 saturated heterocycles. The summed E-state index contributed by atoms with van der Waals surface area (Å²) in [5.41, 5.74) is 6.11. The third-order valence-electron chi connectivity index (χ3n) is 6.26. The average Bonchev–Trinajstić information content (AvgIpc) is 3.22. The molecule has 4 rings (SSSR count). The number of aryl methyl sites for hydroxylation is 2. The molecule has 180 valence electrons. The second-order valence-corrected chi connectivity index (χ2v) is 8.79. The zero-order valence-corrected chi connectivity index (χ0v) is 20.9. The highest BCUT2D eigenvalue weighted by Crippen LogP contribution is 2.29. The van der Waals surface area contributed by atoms with Gasteiger partial charge in [-0.3, -0.25) is 4.79 Å². The van der Waals surface area contributed by atoms with Gasteiger partial charge in [-0.1, -0.05) is 73.7 Å². The minimum Gasteiger partial charge on any atom is -0.383 e. The molecule has 35 heavy (non-hydrogen) atoms. The van der Waals surface area contributed by atoms with Crippen molar-refractivity contribution in [1.82, 2.24) is 9.55 Å². The fraction of sp³-hybridized carbons (Fsp3) is 0.267. The molecule has 5 heteroatoms. The van der Waals surface area contributed by atoms with Gasteiger partial charge in [0.1, 0.15) is 12.4 Å². The molecule has 1 aromatic heterocycles. The standard InChI is InChI=1S/C30H33N3O2/c1-5-25-15-11-12-22(2)30(25)33(23(3)21-35-4)29(34)20-32-27-17-10-9-16-26(27)31-28(32)19-18-24-13-7-6-8-14-24/h6-19,23H,5,20-21H2,1-4H3/b19-18+. The third-order valence-corrected chi connectivity index (χ3v) is 6.26. The SMILES string of the molecule is CCc1cccc(C)c1N(C(=O)Cn1c(/C=C/c2ccccc2)nc2ccccc21)C(C)COC. The molecule has 1 atom stereocenters. The lowest BCUT2D eigenvalue weighted by Gasteiger charge is -2.32. The number of rotatable bonds is 9. The fourth-order valence-corrected chi connectivity index (χ4v) is 4.59. The Hall–Kier alpha value is -3.70. The van der Waals surface area contributed by atoms with Crippen LogP contribution in [0.15, 0.2) is 72.8 Å². The number of methoxy groups -OCH3 is 1. The highest BCUT2D eigenvalue weighted by Gasteiger charge is 2.26. The molecule has 0 saturated carbocycles. The van der Waals surface area contributed by atoms with E-state index >= 15 is 0 Å². The predicted molar refractivity (Wildman–Crippen MR) is 144 cm³/mol. The molecule has 0 aliphatic heterocycles. The van der Waals surface area contributed by atoms with Gasteiger partial charge in [0.25, 0.3) is 0 Å². The van der Waals surface area contributed by atoms with Crippen LogP contribution in [0.25, 0.3) is 23.2 Å². The summed E-state index contributed by atoms with van der Waals surface area (Å²) < 4.78 is 7.47. The van der Waals surface area contributed by atoms with Crippen molar-refractivity contribution in [1.29, 1.82) is 0 Å². The molecular weight excluding hydrogens is 434 g/mol. The van der Waals surface area contributed by atoms with E-state index < -0.39 is 0 Å². The second kappa shape index (κ2) is 11.2.